The van der Waals surface area contributed by atoms with Gasteiger partial charge in [0.1, 0.15) is 5.75 Å². The van der Waals surface area contributed by atoms with Crippen molar-refractivity contribution in [3.8, 4) is 5.75 Å². The van der Waals surface area contributed by atoms with Gasteiger partial charge in [0.15, 0.2) is 0 Å². The highest BCUT2D eigenvalue weighted by Crippen LogP contribution is 2.16. The average molecular weight is 414 g/mol. The van der Waals surface area contributed by atoms with E-state index in [-0.39, 0.29) is 0 Å². The minimum Gasteiger partial charge on any atom is -0.497 e. The van der Waals surface area contributed by atoms with Gasteiger partial charge in [0.2, 0.25) is 0 Å². The lowest BCUT2D eigenvalue weighted by Gasteiger charge is -2.09. The van der Waals surface area contributed by atoms with Gasteiger partial charge in [-0.1, -0.05) is 54.6 Å². The minimum absolute atomic E-state index is 0.566. The predicted molar refractivity (Wildman–Crippen MR) is 123 cm³/mol. The van der Waals surface area contributed by atoms with Crippen molar-refractivity contribution in [2.75, 3.05) is 12.4 Å². The third-order valence-corrected chi connectivity index (χ3v) is 4.99. The summed E-state index contributed by atoms with van der Waals surface area (Å²) in [4.78, 5) is 0. The highest BCUT2D eigenvalue weighted by Gasteiger charge is 2.02. The van der Waals surface area contributed by atoms with Gasteiger partial charge in [0.25, 0.3) is 0 Å². The quantitative estimate of drug-likeness (QED) is 0.385. The molecule has 4 aromatic rings. The Morgan fingerprint density at radius 1 is 0.806 bits per heavy atom. The number of nitrogens with one attached hydrogen (secondary N) is 1. The highest BCUT2D eigenvalue weighted by molar-refractivity contribution is 5.46. The first-order valence-corrected chi connectivity index (χ1v) is 10.4. The number of hydrogen-bond donors (Lipinski definition) is 1. The van der Waals surface area contributed by atoms with Crippen molar-refractivity contribution in [3.05, 3.63) is 114 Å². The van der Waals surface area contributed by atoms with Crippen molar-refractivity contribution in [3.63, 3.8) is 0 Å². The second-order valence-electron chi connectivity index (χ2n) is 7.43. The van der Waals surface area contributed by atoms with Crippen LogP contribution >= 0.6 is 0 Å². The van der Waals surface area contributed by atoms with Crippen LogP contribution in [0.15, 0.2) is 91.3 Å². The van der Waals surface area contributed by atoms with Crippen LogP contribution in [-0.4, -0.2) is 16.9 Å². The van der Waals surface area contributed by atoms with Crippen LogP contribution in [0, 0.1) is 0 Å². The number of aromatic nitrogens is 2. The molecule has 0 atom stereocenters. The van der Waals surface area contributed by atoms with Gasteiger partial charge in [0, 0.05) is 24.0 Å². The first kappa shape index (κ1) is 20.7. The predicted octanol–water partition coefficient (Wildman–Crippen LogP) is 5.27. The molecule has 4 rings (SSSR count). The Balaban J connectivity index is 1.25. The number of rotatable bonds is 10. The van der Waals surface area contributed by atoms with Gasteiger partial charge >= 0.3 is 0 Å². The first-order valence-electron chi connectivity index (χ1n) is 10.4. The second kappa shape index (κ2) is 10.5. The Hall–Kier alpha value is -3.57. The molecule has 3 aromatic carbocycles. The van der Waals surface area contributed by atoms with Gasteiger partial charge in [0.05, 0.1) is 33.1 Å². The van der Waals surface area contributed by atoms with Crippen LogP contribution < -0.4 is 10.1 Å². The Morgan fingerprint density at radius 2 is 1.58 bits per heavy atom. The van der Waals surface area contributed by atoms with E-state index in [1.807, 2.05) is 47.3 Å². The number of anilines is 1. The summed E-state index contributed by atoms with van der Waals surface area (Å²) in [5.74, 6) is 0.855. The second-order valence-corrected chi connectivity index (χ2v) is 7.43. The van der Waals surface area contributed by atoms with E-state index in [4.69, 9.17) is 9.47 Å². The molecule has 0 fully saturated rings. The van der Waals surface area contributed by atoms with Crippen molar-refractivity contribution in [2.24, 2.45) is 0 Å². The third-order valence-electron chi connectivity index (χ3n) is 4.99. The molecular formula is C26H27N3O2. The smallest absolute Gasteiger partial charge is 0.118 e. The fourth-order valence-corrected chi connectivity index (χ4v) is 3.34. The standard InChI is InChI=1S/C26H27N3O2/c1-30-26-12-10-22(11-13-26)19-31-20-23-8-5-9-25(14-23)27-15-24-16-28-29(18-24)17-21-6-3-2-4-7-21/h2-14,16,18,27H,15,17,19-20H2,1H3. The summed E-state index contributed by atoms with van der Waals surface area (Å²) in [5, 5.41) is 7.95. The topological polar surface area (TPSA) is 48.3 Å². The molecule has 0 saturated heterocycles. The largest absolute Gasteiger partial charge is 0.497 e. The molecule has 5 heteroatoms. The van der Waals surface area contributed by atoms with Crippen LogP contribution in [0.3, 0.4) is 0 Å². The Kier molecular flexibility index (Phi) is 6.98. The van der Waals surface area contributed by atoms with Gasteiger partial charge in [-0.3, -0.25) is 4.68 Å². The van der Waals surface area contributed by atoms with Gasteiger partial charge in [-0.15, -0.1) is 0 Å². The molecule has 0 amide bonds. The minimum atomic E-state index is 0.566. The summed E-state index contributed by atoms with van der Waals surface area (Å²) in [6, 6.07) is 26.6. The third kappa shape index (κ3) is 6.20. The van der Waals surface area contributed by atoms with Crippen molar-refractivity contribution in [1.82, 2.24) is 9.78 Å². The molecule has 0 unspecified atom stereocenters. The summed E-state index contributed by atoms with van der Waals surface area (Å²) >= 11 is 0. The van der Waals surface area contributed by atoms with Crippen LogP contribution in [0.25, 0.3) is 0 Å². The molecule has 158 valence electrons. The van der Waals surface area contributed by atoms with Crippen LogP contribution in [0.5, 0.6) is 5.75 Å². The fraction of sp³-hybridized carbons (Fsp3) is 0.192. The molecule has 1 aromatic heterocycles. The Labute approximate surface area is 183 Å². The lowest BCUT2D eigenvalue weighted by atomic mass is 10.2. The molecule has 0 aliphatic heterocycles. The van der Waals surface area contributed by atoms with E-state index in [1.165, 1.54) is 5.56 Å². The van der Waals surface area contributed by atoms with Crippen LogP contribution in [-0.2, 0) is 31.0 Å². The molecule has 0 saturated carbocycles. The van der Waals surface area contributed by atoms with Crippen molar-refractivity contribution in [2.45, 2.75) is 26.3 Å². The molecule has 31 heavy (non-hydrogen) atoms. The maximum Gasteiger partial charge on any atom is 0.118 e. The maximum absolute atomic E-state index is 5.88. The molecule has 0 aliphatic rings. The van der Waals surface area contributed by atoms with E-state index >= 15 is 0 Å². The molecule has 1 heterocycles. The normalized spacial score (nSPS) is 10.7. The zero-order chi connectivity index (χ0) is 21.3. The van der Waals surface area contributed by atoms with Crippen molar-refractivity contribution in [1.29, 1.82) is 0 Å². The van der Waals surface area contributed by atoms with Crippen molar-refractivity contribution < 1.29 is 9.47 Å². The summed E-state index contributed by atoms with van der Waals surface area (Å²) < 4.78 is 13.0. The number of nitrogens with zero attached hydrogens (tertiary/aromatic N) is 2. The van der Waals surface area contributed by atoms with Crippen LogP contribution in [0.4, 0.5) is 5.69 Å². The Bertz CT molecular complexity index is 1080. The van der Waals surface area contributed by atoms with Gasteiger partial charge in [-0.25, -0.2) is 0 Å². The van der Waals surface area contributed by atoms with Crippen molar-refractivity contribution >= 4 is 5.69 Å². The highest BCUT2D eigenvalue weighted by atomic mass is 16.5. The van der Waals surface area contributed by atoms with Crippen LogP contribution in [0.2, 0.25) is 0 Å². The van der Waals surface area contributed by atoms with E-state index < -0.39 is 0 Å². The molecule has 0 bridgehead atoms. The molecule has 0 radical (unpaired) electrons. The fourth-order valence-electron chi connectivity index (χ4n) is 3.34. The lowest BCUT2D eigenvalue weighted by molar-refractivity contribution is 0.107. The summed E-state index contributed by atoms with van der Waals surface area (Å²) in [6.07, 6.45) is 4.00. The summed E-state index contributed by atoms with van der Waals surface area (Å²) in [5.41, 5.74) is 5.73. The molecule has 0 spiro atoms. The molecule has 1 N–H and O–H groups in total. The summed E-state index contributed by atoms with van der Waals surface area (Å²) in [7, 11) is 1.67. The SMILES string of the molecule is COc1ccc(COCc2cccc(NCc3cnn(Cc4ccccc4)c3)c2)cc1. The molecule has 5 nitrogen and oxygen atoms in total. The van der Waals surface area contributed by atoms with E-state index in [1.54, 1.807) is 7.11 Å². The van der Waals surface area contributed by atoms with E-state index in [0.29, 0.717) is 13.2 Å². The van der Waals surface area contributed by atoms with Crippen LogP contribution in [0.1, 0.15) is 22.3 Å². The number of benzene rings is 3. The molecule has 0 aliphatic carbocycles. The van der Waals surface area contributed by atoms with E-state index in [0.717, 1.165) is 41.2 Å². The maximum atomic E-state index is 5.88. The zero-order valence-corrected chi connectivity index (χ0v) is 17.7. The lowest BCUT2D eigenvalue weighted by Crippen LogP contribution is -2.01. The van der Waals surface area contributed by atoms with E-state index in [9.17, 15) is 0 Å². The monoisotopic (exact) mass is 413 g/mol. The van der Waals surface area contributed by atoms with Gasteiger partial charge in [-0.2, -0.15) is 5.10 Å². The van der Waals surface area contributed by atoms with Gasteiger partial charge in [-0.05, 0) is 41.0 Å². The average Bonchev–Trinajstić information content (AvgIpc) is 3.26. The Morgan fingerprint density at radius 3 is 2.39 bits per heavy atom. The summed E-state index contributed by atoms with van der Waals surface area (Å²) in [6.45, 7) is 2.64. The molecular weight excluding hydrogens is 386 g/mol. The number of ether oxygens (including phenoxy) is 2. The zero-order valence-electron chi connectivity index (χ0n) is 17.7. The van der Waals surface area contributed by atoms with E-state index in [2.05, 4.69) is 59.1 Å². The number of hydrogen-bond acceptors (Lipinski definition) is 4. The number of methoxy groups -OCH3 is 1. The van der Waals surface area contributed by atoms with Gasteiger partial charge < -0.3 is 14.8 Å². The first-order chi connectivity index (χ1) is 15.3.